The minimum Gasteiger partial charge on any atom is -0.398 e. The summed E-state index contributed by atoms with van der Waals surface area (Å²) in [5.74, 6) is 0. The fraction of sp³-hybridized carbons (Fsp3) is 0.455. The second-order valence-electron chi connectivity index (χ2n) is 4.68. The van der Waals surface area contributed by atoms with Gasteiger partial charge in [-0.25, -0.2) is 13.1 Å². The third-order valence-corrected chi connectivity index (χ3v) is 6.00. The van der Waals surface area contributed by atoms with E-state index >= 15 is 0 Å². The van der Waals surface area contributed by atoms with Gasteiger partial charge in [0.1, 0.15) is 4.90 Å². The molecule has 1 aliphatic rings. The molecule has 1 aromatic carbocycles. The largest absolute Gasteiger partial charge is 0.398 e. The topological polar surface area (TPSA) is 75.4 Å². The molecule has 0 aromatic heterocycles. The number of nitrogens with zero attached hydrogens (tertiary/aromatic N) is 1. The molecule has 3 N–H and O–H groups in total. The summed E-state index contributed by atoms with van der Waals surface area (Å²) in [6.45, 7) is 1.61. The van der Waals surface area contributed by atoms with E-state index in [2.05, 4.69) is 41.5 Å². The van der Waals surface area contributed by atoms with Gasteiger partial charge < -0.3 is 10.6 Å². The van der Waals surface area contributed by atoms with Crippen molar-refractivity contribution in [3.8, 4) is 0 Å². The highest BCUT2D eigenvalue weighted by Gasteiger charge is 2.28. The molecule has 1 aliphatic heterocycles. The number of halogens is 2. The summed E-state index contributed by atoms with van der Waals surface area (Å²) in [6, 6.07) is 3.19. The molecule has 0 saturated carbocycles. The van der Waals surface area contributed by atoms with Crippen molar-refractivity contribution in [3.05, 3.63) is 21.1 Å². The van der Waals surface area contributed by atoms with Gasteiger partial charge in [-0.05, 0) is 48.1 Å². The van der Waals surface area contributed by atoms with E-state index in [-0.39, 0.29) is 16.6 Å². The number of nitrogens with one attached hydrogen (secondary N) is 1. The van der Waals surface area contributed by atoms with E-state index in [1.807, 2.05) is 7.05 Å². The van der Waals surface area contributed by atoms with Crippen LogP contribution in [0.25, 0.3) is 0 Å². The van der Waals surface area contributed by atoms with Gasteiger partial charge in [-0.3, -0.25) is 0 Å². The summed E-state index contributed by atoms with van der Waals surface area (Å²) in [4.78, 5) is 2.19. The van der Waals surface area contributed by atoms with Crippen LogP contribution in [0.1, 0.15) is 6.42 Å². The molecule has 0 amide bonds. The van der Waals surface area contributed by atoms with Crippen LogP contribution in [0.4, 0.5) is 5.69 Å². The number of likely N-dealkylation sites (N-methyl/N-ethyl adjacent to an activating group) is 1. The predicted octanol–water partition coefficient (Wildman–Crippen LogP) is 1.78. The lowest BCUT2D eigenvalue weighted by molar-refractivity contribution is 0.407. The molecule has 0 spiro atoms. The maximum absolute atomic E-state index is 12.4. The molecule has 1 atom stereocenters. The first-order chi connectivity index (χ1) is 8.79. The van der Waals surface area contributed by atoms with Gasteiger partial charge in [0.2, 0.25) is 10.0 Å². The van der Waals surface area contributed by atoms with Crippen molar-refractivity contribution < 1.29 is 8.42 Å². The van der Waals surface area contributed by atoms with Crippen LogP contribution in [-0.2, 0) is 10.0 Å². The monoisotopic (exact) mass is 411 g/mol. The van der Waals surface area contributed by atoms with Crippen LogP contribution in [-0.4, -0.2) is 39.5 Å². The fourth-order valence-corrected chi connectivity index (χ4v) is 5.50. The lowest BCUT2D eigenvalue weighted by Gasteiger charge is -2.15. The van der Waals surface area contributed by atoms with Gasteiger partial charge in [0, 0.05) is 21.5 Å². The number of benzene rings is 1. The van der Waals surface area contributed by atoms with Crippen LogP contribution < -0.4 is 10.5 Å². The zero-order valence-corrected chi connectivity index (χ0v) is 14.3. The smallest absolute Gasteiger partial charge is 0.244 e. The van der Waals surface area contributed by atoms with Crippen molar-refractivity contribution in [1.82, 2.24) is 9.62 Å². The average molecular weight is 413 g/mol. The first kappa shape index (κ1) is 15.2. The van der Waals surface area contributed by atoms with Gasteiger partial charge >= 0.3 is 0 Å². The number of likely N-dealkylation sites (tertiary alicyclic amines) is 1. The quantitative estimate of drug-likeness (QED) is 0.742. The molecule has 8 heteroatoms. The molecular formula is C11H15Br2N3O2S. The Bertz CT molecular complexity index is 569. The second kappa shape index (κ2) is 5.69. The number of anilines is 1. The summed E-state index contributed by atoms with van der Waals surface area (Å²) in [5.41, 5.74) is 6.04. The molecule has 106 valence electrons. The first-order valence-electron chi connectivity index (χ1n) is 5.75. The molecular weight excluding hydrogens is 398 g/mol. The van der Waals surface area contributed by atoms with Gasteiger partial charge in [-0.1, -0.05) is 15.9 Å². The average Bonchev–Trinajstić information content (AvgIpc) is 2.60. The molecule has 2 rings (SSSR count). The Morgan fingerprint density at radius 1 is 1.42 bits per heavy atom. The molecule has 19 heavy (non-hydrogen) atoms. The molecule has 1 heterocycles. The summed E-state index contributed by atoms with van der Waals surface area (Å²) in [5, 5.41) is 0. The third kappa shape index (κ3) is 3.49. The van der Waals surface area contributed by atoms with Crippen LogP contribution in [0, 0.1) is 0 Å². The van der Waals surface area contributed by atoms with Gasteiger partial charge in [0.25, 0.3) is 0 Å². The Hall–Kier alpha value is -0.150. The number of nitrogens with two attached hydrogens (primary N) is 1. The van der Waals surface area contributed by atoms with Gasteiger partial charge in [0.15, 0.2) is 0 Å². The number of hydrogen-bond acceptors (Lipinski definition) is 4. The molecule has 5 nitrogen and oxygen atoms in total. The lowest BCUT2D eigenvalue weighted by atomic mass is 10.3. The molecule has 1 unspecified atom stereocenters. The maximum Gasteiger partial charge on any atom is 0.244 e. The van der Waals surface area contributed by atoms with Crippen LogP contribution in [0.15, 0.2) is 26.0 Å². The molecule has 0 aliphatic carbocycles. The van der Waals surface area contributed by atoms with E-state index in [1.165, 1.54) is 0 Å². The number of nitrogen functional groups attached to an aromatic ring is 1. The highest BCUT2D eigenvalue weighted by molar-refractivity contribution is 9.11. The predicted molar refractivity (Wildman–Crippen MR) is 82.5 cm³/mol. The van der Waals surface area contributed by atoms with Gasteiger partial charge in [-0.15, -0.1) is 0 Å². The number of hydrogen-bond donors (Lipinski definition) is 2. The Labute approximate surface area is 129 Å². The van der Waals surface area contributed by atoms with E-state index in [1.54, 1.807) is 12.1 Å². The van der Waals surface area contributed by atoms with Crippen molar-refractivity contribution in [2.75, 3.05) is 25.9 Å². The van der Waals surface area contributed by atoms with E-state index in [9.17, 15) is 8.42 Å². The number of rotatable bonds is 3. The molecule has 0 radical (unpaired) electrons. The van der Waals surface area contributed by atoms with Gasteiger partial charge in [0.05, 0.1) is 5.69 Å². The molecule has 1 fully saturated rings. The standard InChI is InChI=1S/C11H15Br2N3O2S/c1-16-3-2-8(6-16)15-19(17,18)11-9(13)4-7(12)5-10(11)14/h4-5,8,15H,2-3,6,14H2,1H3. The van der Waals surface area contributed by atoms with E-state index in [0.717, 1.165) is 17.4 Å². The SMILES string of the molecule is CN1CCC(NS(=O)(=O)c2c(N)cc(Br)cc2Br)C1. The minimum absolute atomic E-state index is 0.0649. The van der Waals surface area contributed by atoms with Crippen molar-refractivity contribution in [2.45, 2.75) is 17.4 Å². The van der Waals surface area contributed by atoms with E-state index < -0.39 is 10.0 Å². The summed E-state index contributed by atoms with van der Waals surface area (Å²) in [6.07, 6.45) is 0.809. The second-order valence-corrected chi connectivity index (χ2v) is 8.10. The van der Waals surface area contributed by atoms with Crippen LogP contribution in [0.3, 0.4) is 0 Å². The summed E-state index contributed by atoms with van der Waals surface area (Å²) < 4.78 is 28.7. The van der Waals surface area contributed by atoms with E-state index in [4.69, 9.17) is 5.73 Å². The van der Waals surface area contributed by atoms with Crippen molar-refractivity contribution in [2.24, 2.45) is 0 Å². The lowest BCUT2D eigenvalue weighted by Crippen LogP contribution is -2.36. The first-order valence-corrected chi connectivity index (χ1v) is 8.82. The van der Waals surface area contributed by atoms with E-state index in [0.29, 0.717) is 11.0 Å². The Kier molecular flexibility index (Phi) is 4.56. The Balaban J connectivity index is 2.30. The zero-order chi connectivity index (χ0) is 14.2. The molecule has 1 aromatic rings. The fourth-order valence-electron chi connectivity index (χ4n) is 2.17. The third-order valence-electron chi connectivity index (χ3n) is 3.02. The van der Waals surface area contributed by atoms with Crippen molar-refractivity contribution in [1.29, 1.82) is 0 Å². The van der Waals surface area contributed by atoms with Gasteiger partial charge in [-0.2, -0.15) is 0 Å². The van der Waals surface area contributed by atoms with Crippen molar-refractivity contribution >= 4 is 47.6 Å². The molecule has 1 saturated heterocycles. The minimum atomic E-state index is -3.61. The summed E-state index contributed by atoms with van der Waals surface area (Å²) >= 11 is 6.53. The zero-order valence-electron chi connectivity index (χ0n) is 10.4. The Morgan fingerprint density at radius 3 is 2.63 bits per heavy atom. The van der Waals surface area contributed by atoms with Crippen LogP contribution in [0.5, 0.6) is 0 Å². The Morgan fingerprint density at radius 2 is 2.11 bits per heavy atom. The van der Waals surface area contributed by atoms with Crippen LogP contribution >= 0.6 is 31.9 Å². The van der Waals surface area contributed by atoms with Crippen molar-refractivity contribution in [3.63, 3.8) is 0 Å². The highest BCUT2D eigenvalue weighted by Crippen LogP contribution is 2.31. The molecule has 0 bridgehead atoms. The normalized spacial score (nSPS) is 20.9. The highest BCUT2D eigenvalue weighted by atomic mass is 79.9. The maximum atomic E-state index is 12.4. The van der Waals surface area contributed by atoms with Crippen LogP contribution in [0.2, 0.25) is 0 Å². The number of sulfonamides is 1. The summed E-state index contributed by atoms with van der Waals surface area (Å²) in [7, 11) is -1.64.